The number of nitrogens with one attached hydrogen (secondary N) is 1. The van der Waals surface area contributed by atoms with Gasteiger partial charge in [0.1, 0.15) is 0 Å². The standard InChI is InChI=1S/C23H26N5OP/c1-3-4-18-20-11-19(26-28(20)13-15(2)25-18)21-12-22(29)27-14-17(5-6-23(27)30-21)16-7-9-24-10-8-16/h5-7,11-14,23-24,30H,3-4,8-10H2,1-2H3. The molecule has 154 valence electrons. The van der Waals surface area contributed by atoms with Crippen LogP contribution in [0.25, 0.3) is 10.8 Å². The van der Waals surface area contributed by atoms with Crippen LogP contribution >= 0.6 is 8.58 Å². The molecular formula is C23H26N5OP. The van der Waals surface area contributed by atoms with Crippen LogP contribution in [0.15, 0.2) is 53.9 Å². The highest BCUT2D eigenvalue weighted by Gasteiger charge is 2.30. The topological polar surface area (TPSA) is 62.5 Å². The number of nitrogens with zero attached hydrogens (tertiary/aromatic N) is 4. The quantitative estimate of drug-likeness (QED) is 0.770. The van der Waals surface area contributed by atoms with Crippen molar-refractivity contribution < 1.29 is 4.79 Å². The van der Waals surface area contributed by atoms with Crippen LogP contribution in [0.4, 0.5) is 0 Å². The molecule has 1 amide bonds. The molecule has 0 spiro atoms. The summed E-state index contributed by atoms with van der Waals surface area (Å²) >= 11 is 0. The second-order valence-corrected chi connectivity index (χ2v) is 9.38. The number of amides is 1. The van der Waals surface area contributed by atoms with Gasteiger partial charge in [0.2, 0.25) is 0 Å². The maximum absolute atomic E-state index is 13.0. The van der Waals surface area contributed by atoms with Gasteiger partial charge in [-0.05, 0) is 43.5 Å². The number of allylic oxidation sites excluding steroid dienone is 2. The van der Waals surface area contributed by atoms with E-state index in [9.17, 15) is 4.79 Å². The summed E-state index contributed by atoms with van der Waals surface area (Å²) in [6.45, 7) is 6.04. The molecule has 3 aliphatic heterocycles. The van der Waals surface area contributed by atoms with Gasteiger partial charge in [-0.2, -0.15) is 5.10 Å². The molecule has 30 heavy (non-hydrogen) atoms. The predicted octanol–water partition coefficient (Wildman–Crippen LogP) is 3.55. The van der Waals surface area contributed by atoms with Gasteiger partial charge in [0.05, 0.1) is 34.6 Å². The van der Waals surface area contributed by atoms with E-state index in [2.05, 4.69) is 36.5 Å². The Balaban J connectivity index is 1.46. The largest absolute Gasteiger partial charge is 0.313 e. The van der Waals surface area contributed by atoms with Gasteiger partial charge < -0.3 is 10.2 Å². The summed E-state index contributed by atoms with van der Waals surface area (Å²) in [7, 11) is 0.471. The zero-order valence-electron chi connectivity index (χ0n) is 17.4. The summed E-state index contributed by atoms with van der Waals surface area (Å²) in [5, 5.41) is 9.15. The van der Waals surface area contributed by atoms with Gasteiger partial charge in [-0.15, -0.1) is 0 Å². The molecule has 5 heterocycles. The van der Waals surface area contributed by atoms with Crippen LogP contribution in [0.5, 0.6) is 0 Å². The van der Waals surface area contributed by atoms with Crippen LogP contribution in [0.1, 0.15) is 36.8 Å². The molecule has 0 radical (unpaired) electrons. The van der Waals surface area contributed by atoms with Gasteiger partial charge in [0.25, 0.3) is 5.91 Å². The molecule has 0 saturated carbocycles. The molecule has 0 aromatic carbocycles. The maximum Gasteiger partial charge on any atom is 0.252 e. The van der Waals surface area contributed by atoms with Gasteiger partial charge in [0.15, 0.2) is 0 Å². The number of carbonyl (C=O) groups is 1. The van der Waals surface area contributed by atoms with E-state index in [0.29, 0.717) is 8.58 Å². The fraction of sp³-hybridized carbons (Fsp3) is 0.348. The van der Waals surface area contributed by atoms with E-state index >= 15 is 0 Å². The molecule has 1 N–H and O–H groups in total. The Hall–Kier alpha value is -2.56. The maximum atomic E-state index is 13.0. The molecule has 0 fully saturated rings. The molecule has 6 nitrogen and oxygen atoms in total. The normalized spacial score (nSPS) is 22.2. The first-order valence-electron chi connectivity index (χ1n) is 10.6. The zero-order valence-corrected chi connectivity index (χ0v) is 18.4. The van der Waals surface area contributed by atoms with Crippen molar-refractivity contribution in [1.29, 1.82) is 0 Å². The number of aromatic nitrogens is 3. The highest BCUT2D eigenvalue weighted by atomic mass is 31.1. The Kier molecular flexibility index (Phi) is 5.13. The van der Waals surface area contributed by atoms with Crippen molar-refractivity contribution in [2.45, 2.75) is 38.9 Å². The molecule has 7 heteroatoms. The Bertz CT molecular complexity index is 1140. The van der Waals surface area contributed by atoms with Crippen molar-refractivity contribution in [2.75, 3.05) is 13.1 Å². The van der Waals surface area contributed by atoms with E-state index in [-0.39, 0.29) is 11.7 Å². The van der Waals surface area contributed by atoms with Crippen molar-refractivity contribution >= 4 is 25.3 Å². The monoisotopic (exact) mass is 419 g/mol. The Morgan fingerprint density at radius 3 is 3.07 bits per heavy atom. The molecule has 2 aromatic heterocycles. The molecule has 2 atom stereocenters. The Labute approximate surface area is 178 Å². The van der Waals surface area contributed by atoms with Crippen LogP contribution < -0.4 is 5.32 Å². The summed E-state index contributed by atoms with van der Waals surface area (Å²) in [6, 6.07) is 2.09. The summed E-state index contributed by atoms with van der Waals surface area (Å²) in [5.74, 6) is 0.105. The summed E-state index contributed by atoms with van der Waals surface area (Å²) in [6.07, 6.45) is 15.3. The van der Waals surface area contributed by atoms with E-state index in [1.54, 1.807) is 6.08 Å². The second kappa shape index (κ2) is 7.93. The minimum atomic E-state index is 0.0327. The highest BCUT2D eigenvalue weighted by molar-refractivity contribution is 7.51. The first-order chi connectivity index (χ1) is 14.6. The Morgan fingerprint density at radius 1 is 1.37 bits per heavy atom. The molecule has 0 saturated heterocycles. The number of fused-ring (bicyclic) bond motifs is 2. The van der Waals surface area contributed by atoms with Crippen molar-refractivity contribution in [3.63, 3.8) is 0 Å². The smallest absolute Gasteiger partial charge is 0.252 e. The lowest BCUT2D eigenvalue weighted by Gasteiger charge is -2.34. The van der Waals surface area contributed by atoms with Crippen molar-refractivity contribution in [1.82, 2.24) is 24.8 Å². The van der Waals surface area contributed by atoms with E-state index < -0.39 is 0 Å². The summed E-state index contributed by atoms with van der Waals surface area (Å²) < 4.78 is 1.92. The van der Waals surface area contributed by atoms with Crippen molar-refractivity contribution in [3.8, 4) is 0 Å². The minimum Gasteiger partial charge on any atom is -0.313 e. The number of carbonyl (C=O) groups excluding carboxylic acids is 1. The molecule has 2 unspecified atom stereocenters. The molecular weight excluding hydrogens is 393 g/mol. The minimum absolute atomic E-state index is 0.0327. The molecule has 0 bridgehead atoms. The number of aryl methyl sites for hydroxylation is 2. The zero-order chi connectivity index (χ0) is 20.7. The lowest BCUT2D eigenvalue weighted by molar-refractivity contribution is -0.123. The Morgan fingerprint density at radius 2 is 2.27 bits per heavy atom. The lowest BCUT2D eigenvalue weighted by Crippen LogP contribution is -2.35. The van der Waals surface area contributed by atoms with Crippen LogP contribution in [0, 0.1) is 6.92 Å². The SMILES string of the molecule is CCCc1nc(C)cn2nc(C3=CC(=O)N4C=C(C5=CCNCC5)C=CC4P3)cc12. The van der Waals surface area contributed by atoms with Gasteiger partial charge in [-0.25, -0.2) is 4.52 Å². The van der Waals surface area contributed by atoms with E-state index in [4.69, 9.17) is 10.1 Å². The van der Waals surface area contributed by atoms with Crippen LogP contribution in [-0.4, -0.2) is 44.3 Å². The van der Waals surface area contributed by atoms with Gasteiger partial charge in [0, 0.05) is 24.1 Å². The van der Waals surface area contributed by atoms with E-state index in [1.807, 2.05) is 28.7 Å². The fourth-order valence-corrected chi connectivity index (χ4v) is 5.57. The molecule has 0 aliphatic carbocycles. The first kappa shape index (κ1) is 19.4. The first-order valence-corrected chi connectivity index (χ1v) is 11.7. The molecule has 2 aromatic rings. The van der Waals surface area contributed by atoms with Crippen LogP contribution in [0.2, 0.25) is 0 Å². The van der Waals surface area contributed by atoms with E-state index in [1.165, 1.54) is 5.57 Å². The predicted molar refractivity (Wildman–Crippen MR) is 121 cm³/mol. The lowest BCUT2D eigenvalue weighted by atomic mass is 9.99. The average molecular weight is 419 g/mol. The third-order valence-corrected chi connectivity index (χ3v) is 7.19. The van der Waals surface area contributed by atoms with Crippen LogP contribution in [0.3, 0.4) is 0 Å². The summed E-state index contributed by atoms with van der Waals surface area (Å²) in [4.78, 5) is 19.6. The number of hydrogen-bond donors (Lipinski definition) is 1. The highest BCUT2D eigenvalue weighted by Crippen LogP contribution is 2.44. The van der Waals surface area contributed by atoms with Gasteiger partial charge in [-0.1, -0.05) is 40.2 Å². The van der Waals surface area contributed by atoms with Crippen molar-refractivity contribution in [3.05, 3.63) is 71.0 Å². The third-order valence-electron chi connectivity index (χ3n) is 5.71. The van der Waals surface area contributed by atoms with Gasteiger partial charge in [-0.3, -0.25) is 9.78 Å². The fourth-order valence-electron chi connectivity index (χ4n) is 4.24. The van der Waals surface area contributed by atoms with Gasteiger partial charge >= 0.3 is 0 Å². The van der Waals surface area contributed by atoms with Crippen LogP contribution in [-0.2, 0) is 11.2 Å². The van der Waals surface area contributed by atoms with E-state index in [0.717, 1.165) is 65.8 Å². The number of rotatable bonds is 4. The number of hydrogen-bond acceptors (Lipinski definition) is 4. The third kappa shape index (κ3) is 3.55. The summed E-state index contributed by atoms with van der Waals surface area (Å²) in [5.41, 5.74) is 6.43. The van der Waals surface area contributed by atoms with Crippen molar-refractivity contribution in [2.24, 2.45) is 0 Å². The average Bonchev–Trinajstić information content (AvgIpc) is 3.18. The molecule has 3 aliphatic rings. The second-order valence-electron chi connectivity index (χ2n) is 7.96. The molecule has 5 rings (SSSR count).